The summed E-state index contributed by atoms with van der Waals surface area (Å²) in [5.41, 5.74) is 4.28. The summed E-state index contributed by atoms with van der Waals surface area (Å²) in [5.74, 6) is -0.0267. The summed E-state index contributed by atoms with van der Waals surface area (Å²) in [5, 5.41) is 5.88. The van der Waals surface area contributed by atoms with Crippen molar-refractivity contribution < 1.29 is 9.53 Å². The second-order valence-corrected chi connectivity index (χ2v) is 9.04. The van der Waals surface area contributed by atoms with Crippen LogP contribution in [0.25, 0.3) is 0 Å². The van der Waals surface area contributed by atoms with Crippen LogP contribution in [0, 0.1) is 6.92 Å². The molecule has 1 saturated heterocycles. The van der Waals surface area contributed by atoms with Gasteiger partial charge in [0.05, 0.1) is 24.8 Å². The van der Waals surface area contributed by atoms with E-state index in [1.165, 1.54) is 11.1 Å². The molecule has 0 spiro atoms. The SMILES string of the molecule is Cc1ccc(NC(=O)Cc2nc(CN3CCC(OCc4ccccc4)CC3)cs2)cc1. The van der Waals surface area contributed by atoms with Crippen molar-refractivity contribution in [1.29, 1.82) is 0 Å². The van der Waals surface area contributed by atoms with Crippen molar-refractivity contribution in [2.45, 2.75) is 45.4 Å². The highest BCUT2D eigenvalue weighted by atomic mass is 32.1. The Morgan fingerprint density at radius 2 is 1.87 bits per heavy atom. The third-order valence-corrected chi connectivity index (χ3v) is 6.39. The Bertz CT molecular complexity index is 964. The fraction of sp³-hybridized carbons (Fsp3) is 0.360. The van der Waals surface area contributed by atoms with Gasteiger partial charge in [-0.05, 0) is 37.5 Å². The molecule has 5 nitrogen and oxygen atoms in total. The third-order valence-electron chi connectivity index (χ3n) is 5.50. The van der Waals surface area contributed by atoms with E-state index in [9.17, 15) is 4.79 Å². The Morgan fingerprint density at radius 3 is 2.61 bits per heavy atom. The average molecular weight is 436 g/mol. The van der Waals surface area contributed by atoms with Crippen LogP contribution in [0.5, 0.6) is 0 Å². The Kier molecular flexibility index (Phi) is 7.46. The van der Waals surface area contributed by atoms with Crippen LogP contribution in [-0.4, -0.2) is 35.0 Å². The predicted octanol–water partition coefficient (Wildman–Crippen LogP) is 4.81. The predicted molar refractivity (Wildman–Crippen MR) is 125 cm³/mol. The smallest absolute Gasteiger partial charge is 0.231 e. The van der Waals surface area contributed by atoms with Crippen LogP contribution >= 0.6 is 11.3 Å². The summed E-state index contributed by atoms with van der Waals surface area (Å²) >= 11 is 1.56. The van der Waals surface area contributed by atoms with Crippen LogP contribution in [0.2, 0.25) is 0 Å². The fourth-order valence-corrected chi connectivity index (χ4v) is 4.52. The molecule has 2 heterocycles. The molecule has 1 fully saturated rings. The van der Waals surface area contributed by atoms with Crippen molar-refractivity contribution >= 4 is 22.9 Å². The van der Waals surface area contributed by atoms with E-state index < -0.39 is 0 Å². The van der Waals surface area contributed by atoms with Gasteiger partial charge in [0, 0.05) is 30.7 Å². The zero-order valence-electron chi connectivity index (χ0n) is 17.9. The molecular formula is C25H29N3O2S. The number of anilines is 1. The Balaban J connectivity index is 1.19. The van der Waals surface area contributed by atoms with Gasteiger partial charge in [-0.1, -0.05) is 48.0 Å². The van der Waals surface area contributed by atoms with Gasteiger partial charge in [-0.3, -0.25) is 9.69 Å². The molecule has 1 aliphatic rings. The van der Waals surface area contributed by atoms with E-state index in [0.717, 1.165) is 48.9 Å². The highest BCUT2D eigenvalue weighted by Gasteiger charge is 2.20. The quantitative estimate of drug-likeness (QED) is 0.551. The first kappa shape index (κ1) is 21.7. The molecule has 4 rings (SSSR count). The highest BCUT2D eigenvalue weighted by molar-refractivity contribution is 7.09. The van der Waals surface area contributed by atoms with Gasteiger partial charge in [0.15, 0.2) is 0 Å². The zero-order chi connectivity index (χ0) is 21.5. The Labute approximate surface area is 188 Å². The number of hydrogen-bond donors (Lipinski definition) is 1. The van der Waals surface area contributed by atoms with Gasteiger partial charge in [0.1, 0.15) is 5.01 Å². The standard InChI is InChI=1S/C25H29N3O2S/c1-19-7-9-21(10-8-19)26-24(29)15-25-27-22(18-31-25)16-28-13-11-23(12-14-28)30-17-20-5-3-2-4-6-20/h2-10,18,23H,11-17H2,1H3,(H,26,29). The van der Waals surface area contributed by atoms with Gasteiger partial charge < -0.3 is 10.1 Å². The number of nitrogens with one attached hydrogen (secondary N) is 1. The number of carbonyl (C=O) groups is 1. The van der Waals surface area contributed by atoms with Gasteiger partial charge in [0.2, 0.25) is 5.91 Å². The molecule has 0 unspecified atom stereocenters. The number of hydrogen-bond acceptors (Lipinski definition) is 5. The van der Waals surface area contributed by atoms with Crippen LogP contribution in [0.1, 0.15) is 34.7 Å². The molecule has 162 valence electrons. The topological polar surface area (TPSA) is 54.5 Å². The molecule has 1 aromatic heterocycles. The molecule has 2 aromatic carbocycles. The van der Waals surface area contributed by atoms with Crippen molar-refractivity contribution in [3.63, 3.8) is 0 Å². The number of piperidine rings is 1. The second kappa shape index (κ2) is 10.7. The van der Waals surface area contributed by atoms with Crippen LogP contribution in [-0.2, 0) is 29.1 Å². The summed E-state index contributed by atoms with van der Waals surface area (Å²) in [6.45, 7) is 5.58. The second-order valence-electron chi connectivity index (χ2n) is 8.10. The molecule has 0 bridgehead atoms. The minimum absolute atomic E-state index is 0.0267. The lowest BCUT2D eigenvalue weighted by atomic mass is 10.1. The van der Waals surface area contributed by atoms with Gasteiger partial charge in [-0.25, -0.2) is 4.98 Å². The van der Waals surface area contributed by atoms with E-state index in [4.69, 9.17) is 4.74 Å². The minimum atomic E-state index is -0.0267. The summed E-state index contributed by atoms with van der Waals surface area (Å²) in [6, 6.07) is 18.2. The summed E-state index contributed by atoms with van der Waals surface area (Å²) in [7, 11) is 0. The molecule has 31 heavy (non-hydrogen) atoms. The van der Waals surface area contributed by atoms with Gasteiger partial charge in [-0.2, -0.15) is 0 Å². The number of nitrogens with zero attached hydrogens (tertiary/aromatic N) is 2. The number of amides is 1. The number of aromatic nitrogens is 1. The zero-order valence-corrected chi connectivity index (χ0v) is 18.7. The van der Waals surface area contributed by atoms with Gasteiger partial charge >= 0.3 is 0 Å². The van der Waals surface area contributed by atoms with Crippen molar-refractivity contribution in [2.24, 2.45) is 0 Å². The largest absolute Gasteiger partial charge is 0.373 e. The number of ether oxygens (including phenoxy) is 1. The maximum absolute atomic E-state index is 12.3. The molecule has 1 N–H and O–H groups in total. The average Bonchev–Trinajstić information content (AvgIpc) is 3.22. The summed E-state index contributed by atoms with van der Waals surface area (Å²) < 4.78 is 6.09. The number of aryl methyl sites for hydroxylation is 1. The van der Waals surface area contributed by atoms with E-state index in [0.29, 0.717) is 19.1 Å². The van der Waals surface area contributed by atoms with Crippen molar-refractivity contribution in [2.75, 3.05) is 18.4 Å². The first-order valence-corrected chi connectivity index (χ1v) is 11.7. The lowest BCUT2D eigenvalue weighted by molar-refractivity contribution is -0.115. The lowest BCUT2D eigenvalue weighted by Crippen LogP contribution is -2.36. The molecular weight excluding hydrogens is 406 g/mol. The van der Waals surface area contributed by atoms with Crippen LogP contribution < -0.4 is 5.32 Å². The first-order chi connectivity index (χ1) is 15.1. The Hall–Kier alpha value is -2.54. The fourth-order valence-electron chi connectivity index (χ4n) is 3.73. The van der Waals surface area contributed by atoms with Gasteiger partial charge in [-0.15, -0.1) is 11.3 Å². The van der Waals surface area contributed by atoms with Crippen molar-refractivity contribution in [1.82, 2.24) is 9.88 Å². The van der Waals surface area contributed by atoms with Crippen molar-refractivity contribution in [3.8, 4) is 0 Å². The highest BCUT2D eigenvalue weighted by Crippen LogP contribution is 2.19. The van der Waals surface area contributed by atoms with E-state index in [-0.39, 0.29) is 5.91 Å². The molecule has 0 aliphatic carbocycles. The maximum Gasteiger partial charge on any atom is 0.231 e. The number of thiazole rings is 1. The molecule has 1 amide bonds. The number of benzene rings is 2. The van der Waals surface area contributed by atoms with Crippen LogP contribution in [0.4, 0.5) is 5.69 Å². The van der Waals surface area contributed by atoms with Gasteiger partial charge in [0.25, 0.3) is 0 Å². The first-order valence-electron chi connectivity index (χ1n) is 10.8. The number of rotatable bonds is 8. The third kappa shape index (κ3) is 6.72. The van der Waals surface area contributed by atoms with E-state index >= 15 is 0 Å². The summed E-state index contributed by atoms with van der Waals surface area (Å²) in [6.07, 6.45) is 2.73. The molecule has 3 aromatic rings. The monoisotopic (exact) mass is 435 g/mol. The summed E-state index contributed by atoms with van der Waals surface area (Å²) in [4.78, 5) is 19.4. The van der Waals surface area contributed by atoms with Crippen LogP contribution in [0.15, 0.2) is 60.0 Å². The van der Waals surface area contributed by atoms with Crippen molar-refractivity contribution in [3.05, 3.63) is 81.8 Å². The molecule has 0 saturated carbocycles. The number of carbonyl (C=O) groups excluding carboxylic acids is 1. The molecule has 0 radical (unpaired) electrons. The molecule has 6 heteroatoms. The molecule has 1 aliphatic heterocycles. The molecule has 0 atom stereocenters. The number of likely N-dealkylation sites (tertiary alicyclic amines) is 1. The minimum Gasteiger partial charge on any atom is -0.373 e. The van der Waals surface area contributed by atoms with E-state index in [1.54, 1.807) is 11.3 Å². The Morgan fingerprint density at radius 1 is 1.13 bits per heavy atom. The van der Waals surface area contributed by atoms with Crippen LogP contribution in [0.3, 0.4) is 0 Å². The lowest BCUT2D eigenvalue weighted by Gasteiger charge is -2.31. The maximum atomic E-state index is 12.3. The van der Waals surface area contributed by atoms with E-state index in [2.05, 4.69) is 44.8 Å². The normalized spacial score (nSPS) is 15.1. The van der Waals surface area contributed by atoms with E-state index in [1.807, 2.05) is 37.3 Å².